The molecule has 0 rings (SSSR count). The molecular formula is C8H14N2O4. The van der Waals surface area contributed by atoms with Crippen molar-refractivity contribution in [2.75, 3.05) is 6.61 Å². The number of amides is 2. The van der Waals surface area contributed by atoms with Gasteiger partial charge in [0.25, 0.3) is 0 Å². The van der Waals surface area contributed by atoms with Crippen LogP contribution >= 0.6 is 0 Å². The molecule has 0 bridgehead atoms. The minimum absolute atomic E-state index is 0.261. The zero-order valence-corrected chi connectivity index (χ0v) is 7.86. The zero-order chi connectivity index (χ0) is 11.1. The molecular weight excluding hydrogens is 188 g/mol. The summed E-state index contributed by atoms with van der Waals surface area (Å²) in [5.41, 5.74) is 0. The number of hydrogen-bond acceptors (Lipinski definition) is 3. The van der Waals surface area contributed by atoms with Crippen molar-refractivity contribution < 1.29 is 19.8 Å². The monoisotopic (exact) mass is 202 g/mol. The largest absolute Gasteiger partial charge is 0.480 e. The number of hydrogen-bond donors (Lipinski definition) is 4. The number of rotatable bonds is 5. The Morgan fingerprint density at radius 2 is 2.07 bits per heavy atom. The van der Waals surface area contributed by atoms with Crippen molar-refractivity contribution in [1.82, 2.24) is 10.6 Å². The smallest absolute Gasteiger partial charge is 0.328 e. The summed E-state index contributed by atoms with van der Waals surface area (Å²) in [6.07, 6.45) is 1.49. The minimum atomic E-state index is -1.29. The molecule has 80 valence electrons. The van der Waals surface area contributed by atoms with Crippen molar-refractivity contribution in [2.24, 2.45) is 0 Å². The van der Waals surface area contributed by atoms with Gasteiger partial charge in [0.05, 0.1) is 6.61 Å². The molecule has 0 aromatic rings. The number of carbonyl (C=O) groups is 2. The molecule has 0 aromatic carbocycles. The first-order valence-electron chi connectivity index (χ1n) is 4.04. The number of carboxylic acid groups (broad SMARTS) is 1. The van der Waals surface area contributed by atoms with Gasteiger partial charge in [-0.2, -0.15) is 0 Å². The Morgan fingerprint density at radius 1 is 1.50 bits per heavy atom. The Labute approximate surface area is 81.6 Å². The van der Waals surface area contributed by atoms with Crippen LogP contribution in [0.25, 0.3) is 0 Å². The van der Waals surface area contributed by atoms with E-state index in [1.165, 1.54) is 6.08 Å². The highest BCUT2D eigenvalue weighted by Crippen LogP contribution is 1.85. The lowest BCUT2D eigenvalue weighted by Crippen LogP contribution is -2.49. The van der Waals surface area contributed by atoms with Crippen LogP contribution in [-0.4, -0.2) is 40.9 Å². The molecule has 0 saturated heterocycles. The summed E-state index contributed by atoms with van der Waals surface area (Å²) in [6.45, 7) is 4.47. The average Bonchev–Trinajstić information content (AvgIpc) is 2.13. The molecule has 2 amide bonds. The van der Waals surface area contributed by atoms with Gasteiger partial charge < -0.3 is 20.8 Å². The summed E-state index contributed by atoms with van der Waals surface area (Å²) in [7, 11) is 0. The highest BCUT2D eigenvalue weighted by molar-refractivity contribution is 5.82. The summed E-state index contributed by atoms with van der Waals surface area (Å²) in [5.74, 6) is -1.28. The Kier molecular flexibility index (Phi) is 5.31. The Morgan fingerprint density at radius 3 is 2.43 bits per heavy atom. The van der Waals surface area contributed by atoms with E-state index in [-0.39, 0.29) is 6.04 Å². The first-order valence-corrected chi connectivity index (χ1v) is 4.04. The predicted molar refractivity (Wildman–Crippen MR) is 49.8 cm³/mol. The van der Waals surface area contributed by atoms with Crippen molar-refractivity contribution in [2.45, 2.75) is 19.0 Å². The van der Waals surface area contributed by atoms with Gasteiger partial charge in [-0.1, -0.05) is 6.08 Å². The SMILES string of the molecule is C=CC(C)NC(=O)N[C@@H](CO)C(=O)O. The van der Waals surface area contributed by atoms with E-state index < -0.39 is 24.6 Å². The number of carboxylic acids is 1. The molecule has 0 saturated carbocycles. The van der Waals surface area contributed by atoms with Crippen LogP contribution in [0.1, 0.15) is 6.92 Å². The molecule has 0 heterocycles. The van der Waals surface area contributed by atoms with Gasteiger partial charge in [-0.05, 0) is 6.92 Å². The first kappa shape index (κ1) is 12.4. The average molecular weight is 202 g/mol. The van der Waals surface area contributed by atoms with Crippen molar-refractivity contribution in [3.63, 3.8) is 0 Å². The third-order valence-corrected chi connectivity index (χ3v) is 1.50. The van der Waals surface area contributed by atoms with E-state index in [9.17, 15) is 9.59 Å². The molecule has 0 spiro atoms. The predicted octanol–water partition coefficient (Wildman–Crippen LogP) is -0.694. The number of aliphatic hydroxyl groups is 1. The van der Waals surface area contributed by atoms with Gasteiger partial charge in [-0.25, -0.2) is 9.59 Å². The quantitative estimate of drug-likeness (QED) is 0.443. The van der Waals surface area contributed by atoms with Gasteiger partial charge >= 0.3 is 12.0 Å². The molecule has 0 aliphatic heterocycles. The van der Waals surface area contributed by atoms with Crippen LogP contribution in [0.5, 0.6) is 0 Å². The highest BCUT2D eigenvalue weighted by atomic mass is 16.4. The molecule has 2 atom stereocenters. The second-order valence-electron chi connectivity index (χ2n) is 2.72. The number of urea groups is 1. The lowest BCUT2D eigenvalue weighted by molar-refractivity contribution is -0.140. The van der Waals surface area contributed by atoms with Gasteiger partial charge in [0, 0.05) is 6.04 Å². The summed E-state index contributed by atoms with van der Waals surface area (Å²) in [4.78, 5) is 21.4. The maximum Gasteiger partial charge on any atom is 0.328 e. The van der Waals surface area contributed by atoms with Gasteiger partial charge in [-0.3, -0.25) is 0 Å². The zero-order valence-electron chi connectivity index (χ0n) is 7.86. The second kappa shape index (κ2) is 5.98. The van der Waals surface area contributed by atoms with E-state index in [1.807, 2.05) is 0 Å². The third kappa shape index (κ3) is 4.46. The van der Waals surface area contributed by atoms with Crippen molar-refractivity contribution in [3.05, 3.63) is 12.7 Å². The number of aliphatic carboxylic acids is 1. The van der Waals surface area contributed by atoms with E-state index >= 15 is 0 Å². The standard InChI is InChI=1S/C8H14N2O4/c1-3-5(2)9-8(14)10-6(4-11)7(12)13/h3,5-6,11H,1,4H2,2H3,(H,12,13)(H2,9,10,14)/t5?,6-/m0/s1. The molecule has 0 fully saturated rings. The normalized spacial score (nSPS) is 13.9. The first-order chi connectivity index (χ1) is 6.51. The Balaban J connectivity index is 4.03. The van der Waals surface area contributed by atoms with Crippen LogP contribution in [0.3, 0.4) is 0 Å². The van der Waals surface area contributed by atoms with Crippen LogP contribution in [0.4, 0.5) is 4.79 Å². The van der Waals surface area contributed by atoms with Crippen LogP contribution < -0.4 is 10.6 Å². The van der Waals surface area contributed by atoms with E-state index in [1.54, 1.807) is 6.92 Å². The fourth-order valence-corrected chi connectivity index (χ4v) is 0.651. The lowest BCUT2D eigenvalue weighted by Gasteiger charge is -2.14. The molecule has 6 nitrogen and oxygen atoms in total. The number of carbonyl (C=O) groups excluding carboxylic acids is 1. The van der Waals surface area contributed by atoms with Crippen molar-refractivity contribution in [3.8, 4) is 0 Å². The fourth-order valence-electron chi connectivity index (χ4n) is 0.651. The summed E-state index contributed by atoms with van der Waals surface area (Å²) < 4.78 is 0. The topological polar surface area (TPSA) is 98.7 Å². The molecule has 0 radical (unpaired) electrons. The molecule has 0 aromatic heterocycles. The van der Waals surface area contributed by atoms with E-state index in [0.29, 0.717) is 0 Å². The van der Waals surface area contributed by atoms with Crippen LogP contribution in [0.15, 0.2) is 12.7 Å². The number of aliphatic hydroxyl groups excluding tert-OH is 1. The molecule has 4 N–H and O–H groups in total. The van der Waals surface area contributed by atoms with Crippen LogP contribution in [-0.2, 0) is 4.79 Å². The van der Waals surface area contributed by atoms with Crippen LogP contribution in [0, 0.1) is 0 Å². The molecule has 0 aliphatic carbocycles. The third-order valence-electron chi connectivity index (χ3n) is 1.50. The number of nitrogens with one attached hydrogen (secondary N) is 2. The summed E-state index contributed by atoms with van der Waals surface area (Å²) >= 11 is 0. The maximum absolute atomic E-state index is 11.0. The Bertz CT molecular complexity index is 229. The van der Waals surface area contributed by atoms with E-state index in [4.69, 9.17) is 10.2 Å². The van der Waals surface area contributed by atoms with Crippen molar-refractivity contribution in [1.29, 1.82) is 0 Å². The molecule has 0 aliphatic rings. The lowest BCUT2D eigenvalue weighted by atomic mass is 10.3. The fraction of sp³-hybridized carbons (Fsp3) is 0.500. The van der Waals surface area contributed by atoms with E-state index in [2.05, 4.69) is 17.2 Å². The highest BCUT2D eigenvalue weighted by Gasteiger charge is 2.18. The Hall–Kier alpha value is -1.56. The summed E-state index contributed by atoms with van der Waals surface area (Å²) in [6, 6.07) is -2.20. The maximum atomic E-state index is 11.0. The van der Waals surface area contributed by atoms with Gasteiger partial charge in [-0.15, -0.1) is 6.58 Å². The van der Waals surface area contributed by atoms with Gasteiger partial charge in [0.2, 0.25) is 0 Å². The van der Waals surface area contributed by atoms with E-state index in [0.717, 1.165) is 0 Å². The minimum Gasteiger partial charge on any atom is -0.480 e. The van der Waals surface area contributed by atoms with Crippen molar-refractivity contribution >= 4 is 12.0 Å². The van der Waals surface area contributed by atoms with Crippen LogP contribution in [0.2, 0.25) is 0 Å². The van der Waals surface area contributed by atoms with Gasteiger partial charge in [0.1, 0.15) is 0 Å². The second-order valence-corrected chi connectivity index (χ2v) is 2.72. The summed E-state index contributed by atoms with van der Waals surface area (Å²) in [5, 5.41) is 21.6. The van der Waals surface area contributed by atoms with Gasteiger partial charge in [0.15, 0.2) is 6.04 Å². The molecule has 6 heteroatoms. The molecule has 1 unspecified atom stereocenters. The molecule has 14 heavy (non-hydrogen) atoms.